The molecule has 0 aliphatic heterocycles. The number of halogens is 5. The number of benzene rings is 2. The molecule has 160 valence electrons. The van der Waals surface area contributed by atoms with Gasteiger partial charge in [0.1, 0.15) is 17.7 Å². The predicted octanol–water partition coefficient (Wildman–Crippen LogP) is 5.49. The minimum Gasteiger partial charge on any atom is -0.406 e. The molecule has 4 rings (SSSR count). The number of ether oxygens (including phenoxy) is 1. The van der Waals surface area contributed by atoms with Gasteiger partial charge in [-0.05, 0) is 24.3 Å². The van der Waals surface area contributed by atoms with Gasteiger partial charge in [0.15, 0.2) is 0 Å². The van der Waals surface area contributed by atoms with Gasteiger partial charge in [-0.25, -0.2) is 9.18 Å². The first-order valence-corrected chi connectivity index (χ1v) is 9.59. The molecule has 1 fully saturated rings. The van der Waals surface area contributed by atoms with Crippen molar-refractivity contribution in [3.05, 3.63) is 58.0 Å². The Morgan fingerprint density at radius 2 is 1.87 bits per heavy atom. The topological polar surface area (TPSA) is 56.1 Å². The first kappa shape index (κ1) is 21.9. The van der Waals surface area contributed by atoms with Gasteiger partial charge in [0, 0.05) is 17.9 Å². The first-order valence-electron chi connectivity index (χ1n) is 9.21. The molecule has 0 bridgehead atoms. The Bertz CT molecular complexity index is 1120. The summed E-state index contributed by atoms with van der Waals surface area (Å²) in [5.74, 6) is -0.417. The number of para-hydroxylation sites is 1. The maximum atomic E-state index is 13.3. The van der Waals surface area contributed by atoms with Gasteiger partial charge >= 0.3 is 12.1 Å². The molecule has 2 atom stereocenters. The molecule has 0 saturated heterocycles. The molecule has 0 amide bonds. The highest BCUT2D eigenvalue weighted by atomic mass is 35.5. The molecule has 1 aliphatic carbocycles. The number of fused-ring (bicyclic) bond motifs is 1. The van der Waals surface area contributed by atoms with Crippen LogP contribution in [0.25, 0.3) is 16.6 Å². The van der Waals surface area contributed by atoms with Crippen molar-refractivity contribution in [3.8, 4) is 11.4 Å². The van der Waals surface area contributed by atoms with Crippen molar-refractivity contribution in [2.75, 3.05) is 5.32 Å². The zero-order valence-corrected chi connectivity index (χ0v) is 16.8. The summed E-state index contributed by atoms with van der Waals surface area (Å²) in [5.41, 5.74) is -0.436. The van der Waals surface area contributed by atoms with E-state index >= 15 is 0 Å². The summed E-state index contributed by atoms with van der Waals surface area (Å²) in [6.07, 6.45) is -5.69. The molecular formula is C20H18ClF4N3O2. The van der Waals surface area contributed by atoms with Crippen LogP contribution in [0.15, 0.2) is 47.3 Å². The van der Waals surface area contributed by atoms with Crippen LogP contribution in [0.5, 0.6) is 5.75 Å². The fourth-order valence-electron chi connectivity index (χ4n) is 2.87. The van der Waals surface area contributed by atoms with Crippen LogP contribution in [0.2, 0.25) is 5.02 Å². The minimum absolute atomic E-state index is 0.0898. The maximum absolute atomic E-state index is 13.3. The Hall–Kier alpha value is -2.81. The second-order valence-corrected chi connectivity index (χ2v) is 6.67. The summed E-state index contributed by atoms with van der Waals surface area (Å²) in [6, 6.07) is 9.35. The van der Waals surface area contributed by atoms with E-state index in [1.807, 2.05) is 13.8 Å². The first-order chi connectivity index (χ1) is 14.2. The van der Waals surface area contributed by atoms with Crippen LogP contribution in [0, 0.1) is 0 Å². The van der Waals surface area contributed by atoms with Gasteiger partial charge in [-0.1, -0.05) is 37.6 Å². The molecule has 5 nitrogen and oxygen atoms in total. The van der Waals surface area contributed by atoms with E-state index < -0.39 is 30.0 Å². The molecule has 1 aliphatic rings. The predicted molar refractivity (Wildman–Crippen MR) is 107 cm³/mol. The van der Waals surface area contributed by atoms with E-state index in [-0.39, 0.29) is 28.5 Å². The number of nitrogens with zero attached hydrogens (tertiary/aromatic N) is 2. The zero-order valence-electron chi connectivity index (χ0n) is 16.0. The van der Waals surface area contributed by atoms with Crippen molar-refractivity contribution in [2.45, 2.75) is 38.8 Å². The van der Waals surface area contributed by atoms with Gasteiger partial charge in [0.05, 0.1) is 22.3 Å². The summed E-state index contributed by atoms with van der Waals surface area (Å²) in [5, 5.41) is 3.35. The molecule has 0 radical (unpaired) electrons. The molecule has 1 heterocycles. The largest absolute Gasteiger partial charge is 0.573 e. The van der Waals surface area contributed by atoms with E-state index in [0.29, 0.717) is 5.39 Å². The Morgan fingerprint density at radius 3 is 2.47 bits per heavy atom. The molecule has 0 unspecified atom stereocenters. The summed E-state index contributed by atoms with van der Waals surface area (Å²) in [7, 11) is 0. The van der Waals surface area contributed by atoms with Crippen LogP contribution in [-0.4, -0.2) is 28.1 Å². The minimum atomic E-state index is -4.90. The molecule has 2 aromatic carbocycles. The lowest BCUT2D eigenvalue weighted by molar-refractivity contribution is -0.274. The van der Waals surface area contributed by atoms with Crippen LogP contribution >= 0.6 is 11.6 Å². The van der Waals surface area contributed by atoms with E-state index in [2.05, 4.69) is 15.0 Å². The molecular weight excluding hydrogens is 426 g/mol. The second-order valence-electron chi connectivity index (χ2n) is 6.26. The summed E-state index contributed by atoms with van der Waals surface area (Å²) in [6.45, 7) is 4.00. The number of alkyl halides is 4. The van der Waals surface area contributed by atoms with Crippen molar-refractivity contribution >= 4 is 28.3 Å². The molecule has 0 spiro atoms. The smallest absolute Gasteiger partial charge is 0.406 e. The summed E-state index contributed by atoms with van der Waals surface area (Å²) in [4.78, 5) is 16.6. The van der Waals surface area contributed by atoms with Gasteiger partial charge in [-0.2, -0.15) is 4.98 Å². The van der Waals surface area contributed by atoms with Crippen LogP contribution in [0.1, 0.15) is 20.3 Å². The maximum Gasteiger partial charge on any atom is 0.573 e. The third-order valence-corrected chi connectivity index (χ3v) is 4.55. The molecule has 10 heteroatoms. The highest BCUT2D eigenvalue weighted by Gasteiger charge is 2.38. The molecule has 1 N–H and O–H groups in total. The average molecular weight is 444 g/mol. The number of aromatic nitrogens is 2. The van der Waals surface area contributed by atoms with E-state index in [0.717, 1.165) is 16.7 Å². The van der Waals surface area contributed by atoms with E-state index in [9.17, 15) is 22.4 Å². The number of anilines is 1. The van der Waals surface area contributed by atoms with Crippen molar-refractivity contribution in [3.63, 3.8) is 0 Å². The van der Waals surface area contributed by atoms with Crippen molar-refractivity contribution in [1.82, 2.24) is 9.55 Å². The fourth-order valence-corrected chi connectivity index (χ4v) is 3.09. The Labute approximate surface area is 174 Å². The summed E-state index contributed by atoms with van der Waals surface area (Å²) < 4.78 is 56.2. The van der Waals surface area contributed by atoms with E-state index in [4.69, 9.17) is 11.6 Å². The van der Waals surface area contributed by atoms with Crippen LogP contribution in [-0.2, 0) is 0 Å². The van der Waals surface area contributed by atoms with E-state index in [1.54, 1.807) is 12.1 Å². The number of hydrogen-bond donors (Lipinski definition) is 1. The van der Waals surface area contributed by atoms with Gasteiger partial charge in [0.25, 0.3) is 0 Å². The molecule has 30 heavy (non-hydrogen) atoms. The fraction of sp³-hybridized carbons (Fsp3) is 0.300. The Kier molecular flexibility index (Phi) is 6.21. The van der Waals surface area contributed by atoms with Gasteiger partial charge in [-0.3, -0.25) is 4.57 Å². The van der Waals surface area contributed by atoms with Gasteiger partial charge in [-0.15, -0.1) is 13.2 Å². The Balaban J connectivity index is 0.00000124. The number of hydrogen-bond acceptors (Lipinski definition) is 4. The monoisotopic (exact) mass is 443 g/mol. The number of nitrogens with one attached hydrogen (secondary N) is 1. The highest BCUT2D eigenvalue weighted by molar-refractivity contribution is 6.32. The lowest BCUT2D eigenvalue weighted by atomic mass is 10.2. The third kappa shape index (κ3) is 4.67. The Morgan fingerprint density at radius 1 is 1.20 bits per heavy atom. The normalized spacial score (nSPS) is 17.8. The van der Waals surface area contributed by atoms with Crippen LogP contribution < -0.4 is 15.7 Å². The van der Waals surface area contributed by atoms with Gasteiger partial charge < -0.3 is 10.1 Å². The second kappa shape index (κ2) is 8.51. The van der Waals surface area contributed by atoms with Crippen molar-refractivity contribution in [1.29, 1.82) is 0 Å². The van der Waals surface area contributed by atoms with Gasteiger partial charge in [0.2, 0.25) is 0 Å². The third-order valence-electron chi connectivity index (χ3n) is 4.23. The molecule has 1 saturated carbocycles. The SMILES string of the molecule is CC.O=c1nc(N[C@@H]2C[C@@H]2F)c2ccc(OC(F)(F)F)cc2n1-c1ccccc1Cl. The average Bonchev–Trinajstić information content (AvgIpc) is 3.38. The zero-order chi connectivity index (χ0) is 22.1. The quantitative estimate of drug-likeness (QED) is 0.542. The standard InChI is InChI=1S/C18H12ClF4N3O2.C2H6/c19-11-3-1-2-4-14(11)26-15-7-9(28-18(21,22)23)5-6-10(15)16(25-17(26)27)24-13-8-12(13)20;1-2/h1-7,12-13H,8H2,(H,24,25,27);1-2H3/t12-,13+;/m0./s1. The lowest BCUT2D eigenvalue weighted by Crippen LogP contribution is -2.24. The number of rotatable bonds is 4. The van der Waals surface area contributed by atoms with E-state index in [1.165, 1.54) is 18.2 Å². The van der Waals surface area contributed by atoms with Crippen molar-refractivity contribution in [2.24, 2.45) is 0 Å². The summed E-state index contributed by atoms with van der Waals surface area (Å²) >= 11 is 6.17. The lowest BCUT2D eigenvalue weighted by Gasteiger charge is -2.16. The van der Waals surface area contributed by atoms with Crippen LogP contribution in [0.4, 0.5) is 23.4 Å². The molecule has 3 aromatic rings. The molecule has 1 aromatic heterocycles. The van der Waals surface area contributed by atoms with Crippen molar-refractivity contribution < 1.29 is 22.3 Å². The highest BCUT2D eigenvalue weighted by Crippen LogP contribution is 2.34. The van der Waals surface area contributed by atoms with Crippen LogP contribution in [0.3, 0.4) is 0 Å².